The molecule has 0 bridgehead atoms. The number of anilines is 1. The van der Waals surface area contributed by atoms with Crippen LogP contribution in [0.15, 0.2) is 69.9 Å². The Hall–Kier alpha value is -3.75. The maximum Gasteiger partial charge on any atom is 0.315 e. The van der Waals surface area contributed by atoms with Crippen molar-refractivity contribution in [2.24, 2.45) is 5.73 Å². The molecular weight excluding hydrogens is 737 g/mol. The molecule has 1 aliphatic rings. The van der Waals surface area contributed by atoms with Crippen molar-refractivity contribution in [3.63, 3.8) is 0 Å². The number of amides is 4. The Balaban J connectivity index is 1.45. The highest BCUT2D eigenvalue weighted by Crippen LogP contribution is 2.33. The number of hydrogen-bond acceptors (Lipinski definition) is 7. The van der Waals surface area contributed by atoms with Crippen LogP contribution in [0.3, 0.4) is 0 Å². The van der Waals surface area contributed by atoms with Gasteiger partial charge in [0.1, 0.15) is 23.7 Å². The van der Waals surface area contributed by atoms with Gasteiger partial charge in [0.15, 0.2) is 0 Å². The number of pyridine rings is 1. The molecule has 4 rings (SSSR count). The number of phenolic OH excluding ortho intramolecular Hbond substituents is 1. The van der Waals surface area contributed by atoms with Crippen LogP contribution in [0.5, 0.6) is 5.75 Å². The Labute approximate surface area is 290 Å². The molecule has 2 atom stereocenters. The number of nitrogens with zero attached hydrogens (tertiary/aromatic N) is 3. The van der Waals surface area contributed by atoms with Gasteiger partial charge in [-0.15, -0.1) is 0 Å². The van der Waals surface area contributed by atoms with E-state index in [1.54, 1.807) is 41.6 Å². The first kappa shape index (κ1) is 36.1. The number of urea groups is 1. The summed E-state index contributed by atoms with van der Waals surface area (Å²) in [5, 5.41) is 18.6. The van der Waals surface area contributed by atoms with Crippen molar-refractivity contribution in [2.75, 3.05) is 44.2 Å². The number of benzene rings is 2. The molecule has 14 heteroatoms. The number of nitrogens with two attached hydrogens (primary N) is 1. The number of carbonyl (C=O) groups excluding carboxylic acids is 3. The van der Waals surface area contributed by atoms with E-state index in [4.69, 9.17) is 5.73 Å². The average Bonchev–Trinajstić information content (AvgIpc) is 3.06. The van der Waals surface area contributed by atoms with Crippen molar-refractivity contribution in [2.45, 2.75) is 44.2 Å². The van der Waals surface area contributed by atoms with Crippen molar-refractivity contribution in [1.29, 1.82) is 0 Å². The van der Waals surface area contributed by atoms with Crippen LogP contribution in [0.25, 0.3) is 0 Å². The van der Waals surface area contributed by atoms with Crippen molar-refractivity contribution >= 4 is 55.4 Å². The zero-order chi connectivity index (χ0) is 33.8. The van der Waals surface area contributed by atoms with Gasteiger partial charge in [-0.05, 0) is 112 Å². The van der Waals surface area contributed by atoms with Crippen LogP contribution in [0.1, 0.15) is 30.4 Å². The predicted octanol–water partition coefficient (Wildman–Crippen LogP) is 3.87. The summed E-state index contributed by atoms with van der Waals surface area (Å²) >= 11 is 6.64. The normalized spacial score (nSPS) is 14.3. The van der Waals surface area contributed by atoms with Crippen LogP contribution in [0.4, 0.5) is 14.9 Å². The van der Waals surface area contributed by atoms with Crippen molar-refractivity contribution in [1.82, 2.24) is 25.8 Å². The second-order valence-electron chi connectivity index (χ2n) is 11.3. The Bertz CT molecular complexity index is 1490. The maximum atomic E-state index is 13.8. The molecule has 6 N–H and O–H groups in total. The summed E-state index contributed by atoms with van der Waals surface area (Å²) in [5.41, 5.74) is 8.13. The summed E-state index contributed by atoms with van der Waals surface area (Å²) in [7, 11) is 0. The van der Waals surface area contributed by atoms with Gasteiger partial charge < -0.3 is 36.6 Å². The number of aromatic hydroxyl groups is 1. The van der Waals surface area contributed by atoms with E-state index in [0.29, 0.717) is 72.9 Å². The molecule has 0 unspecified atom stereocenters. The first-order chi connectivity index (χ1) is 22.6. The minimum absolute atomic E-state index is 0.00685. The highest BCUT2D eigenvalue weighted by molar-refractivity contribution is 9.11. The second kappa shape index (κ2) is 18.0. The lowest BCUT2D eigenvalue weighted by molar-refractivity contribution is -0.137. The number of unbranched alkanes of at least 4 members (excludes halogenated alkanes) is 1. The number of piperazine rings is 1. The van der Waals surface area contributed by atoms with Crippen LogP contribution < -0.4 is 26.6 Å². The van der Waals surface area contributed by atoms with Gasteiger partial charge in [0.25, 0.3) is 0 Å². The van der Waals surface area contributed by atoms with E-state index in [1.807, 2.05) is 12.1 Å². The molecule has 0 spiro atoms. The molecule has 1 saturated heterocycles. The summed E-state index contributed by atoms with van der Waals surface area (Å²) in [5.74, 6) is -1.06. The van der Waals surface area contributed by atoms with Gasteiger partial charge >= 0.3 is 6.03 Å². The first-order valence-electron chi connectivity index (χ1n) is 15.5. The fraction of sp³-hybridized carbons (Fsp3) is 0.394. The lowest BCUT2D eigenvalue weighted by Gasteiger charge is -2.37. The lowest BCUT2D eigenvalue weighted by Crippen LogP contribution is -2.58. The molecule has 252 valence electrons. The van der Waals surface area contributed by atoms with E-state index in [1.165, 1.54) is 12.1 Å². The van der Waals surface area contributed by atoms with E-state index < -0.39 is 24.0 Å². The van der Waals surface area contributed by atoms with Gasteiger partial charge in [-0.1, -0.05) is 12.1 Å². The lowest BCUT2D eigenvalue weighted by atomic mass is 10.0. The van der Waals surface area contributed by atoms with Crippen LogP contribution in [0, 0.1) is 5.82 Å². The summed E-state index contributed by atoms with van der Waals surface area (Å²) in [6.45, 7) is 2.95. The minimum atomic E-state index is -1.05. The predicted molar refractivity (Wildman–Crippen MR) is 186 cm³/mol. The van der Waals surface area contributed by atoms with E-state index in [0.717, 1.165) is 11.3 Å². The first-order valence-corrected chi connectivity index (χ1v) is 17.1. The number of phenols is 1. The van der Waals surface area contributed by atoms with Crippen LogP contribution in [-0.2, 0) is 22.4 Å². The summed E-state index contributed by atoms with van der Waals surface area (Å²) < 4.78 is 14.4. The third-order valence-corrected chi connectivity index (χ3v) is 9.12. The third kappa shape index (κ3) is 10.9. The molecule has 0 saturated carbocycles. The van der Waals surface area contributed by atoms with Crippen LogP contribution in [-0.4, -0.2) is 84.2 Å². The molecule has 1 fully saturated rings. The Morgan fingerprint density at radius 2 is 1.64 bits per heavy atom. The Morgan fingerprint density at radius 1 is 0.936 bits per heavy atom. The van der Waals surface area contributed by atoms with E-state index in [2.05, 4.69) is 57.7 Å². The monoisotopic (exact) mass is 775 g/mol. The average molecular weight is 778 g/mol. The zero-order valence-corrected chi connectivity index (χ0v) is 29.1. The van der Waals surface area contributed by atoms with Gasteiger partial charge in [0.05, 0.1) is 8.95 Å². The van der Waals surface area contributed by atoms with Gasteiger partial charge in [0, 0.05) is 57.2 Å². The van der Waals surface area contributed by atoms with Crippen LogP contribution in [0.2, 0.25) is 0 Å². The van der Waals surface area contributed by atoms with Crippen molar-refractivity contribution < 1.29 is 23.9 Å². The molecule has 47 heavy (non-hydrogen) atoms. The molecule has 4 amide bonds. The molecular formula is C33H40Br2FN7O4. The molecule has 2 aromatic carbocycles. The summed E-state index contributed by atoms with van der Waals surface area (Å²) in [6, 6.07) is 10.9. The molecule has 1 aromatic heterocycles. The smallest absolute Gasteiger partial charge is 0.315 e. The van der Waals surface area contributed by atoms with Crippen molar-refractivity contribution in [3.8, 4) is 5.75 Å². The van der Waals surface area contributed by atoms with E-state index in [9.17, 15) is 23.9 Å². The highest BCUT2D eigenvalue weighted by atomic mass is 79.9. The zero-order valence-electron chi connectivity index (χ0n) is 25.9. The molecule has 0 radical (unpaired) electrons. The second-order valence-corrected chi connectivity index (χ2v) is 13.0. The fourth-order valence-corrected chi connectivity index (χ4v) is 6.67. The van der Waals surface area contributed by atoms with E-state index in [-0.39, 0.29) is 30.4 Å². The fourth-order valence-electron chi connectivity index (χ4n) is 5.39. The molecule has 3 aromatic rings. The van der Waals surface area contributed by atoms with Gasteiger partial charge in [0.2, 0.25) is 11.8 Å². The molecule has 2 heterocycles. The van der Waals surface area contributed by atoms with Gasteiger partial charge in [-0.25, -0.2) is 9.18 Å². The minimum Gasteiger partial charge on any atom is -0.506 e. The highest BCUT2D eigenvalue weighted by Gasteiger charge is 2.31. The molecule has 1 aliphatic heterocycles. The number of hydrogen-bond donors (Lipinski definition) is 5. The van der Waals surface area contributed by atoms with Crippen molar-refractivity contribution in [3.05, 3.63) is 86.8 Å². The molecule has 11 nitrogen and oxygen atoms in total. The summed E-state index contributed by atoms with van der Waals surface area (Å²) in [4.78, 5) is 48.6. The number of halogens is 3. The largest absolute Gasteiger partial charge is 0.506 e. The SMILES string of the molecule is NCCCC[C@H](NC(=O)[C@@H](Cc1cc(Br)c(O)c(Br)c1)NC(=O)NCCc1cccc(F)c1)C(=O)N1CCN(c2ccncc2)CC1. The quantitative estimate of drug-likeness (QED) is 0.156. The number of nitrogens with one attached hydrogen (secondary N) is 3. The standard InChI is InChI=1S/C33H40Br2FN7O4/c34-26-19-23(20-27(35)30(26)44)21-29(41-33(47)39-13-7-22-4-3-5-24(36)18-22)31(45)40-28(6-1-2-10-37)32(46)43-16-14-42(15-17-43)25-8-11-38-12-9-25/h3-5,8-9,11-12,18-20,28-29,44H,1-2,6-7,10,13-17,21,37H2,(H,40,45)(H2,39,41,47)/t28-,29+/m0/s1. The number of aromatic nitrogens is 1. The summed E-state index contributed by atoms with van der Waals surface area (Å²) in [6.07, 6.45) is 5.68. The number of carbonyl (C=O) groups is 3. The van der Waals surface area contributed by atoms with Gasteiger partial charge in [-0.3, -0.25) is 14.6 Å². The topological polar surface area (TPSA) is 153 Å². The van der Waals surface area contributed by atoms with Crippen LogP contribution >= 0.6 is 31.9 Å². The van der Waals surface area contributed by atoms with Gasteiger partial charge in [-0.2, -0.15) is 0 Å². The Kier molecular flexibility index (Phi) is 13.8. The van der Waals surface area contributed by atoms with E-state index >= 15 is 0 Å². The molecule has 0 aliphatic carbocycles. The maximum absolute atomic E-state index is 13.8. The number of rotatable bonds is 14. The Morgan fingerprint density at radius 3 is 2.30 bits per heavy atom. The third-order valence-electron chi connectivity index (χ3n) is 7.91.